The van der Waals surface area contributed by atoms with Crippen LogP contribution in [0.5, 0.6) is 5.75 Å². The van der Waals surface area contributed by atoms with E-state index in [1.807, 2.05) is 42.5 Å². The van der Waals surface area contributed by atoms with Crippen LogP contribution in [0.2, 0.25) is 5.02 Å². The van der Waals surface area contributed by atoms with Crippen molar-refractivity contribution in [2.75, 3.05) is 5.32 Å². The Hall–Kier alpha value is -3.84. The van der Waals surface area contributed by atoms with Gasteiger partial charge in [0, 0.05) is 23.6 Å². The summed E-state index contributed by atoms with van der Waals surface area (Å²) in [5.74, 6) is -0.811. The highest BCUT2D eigenvalue weighted by atomic mass is 35.5. The zero-order chi connectivity index (χ0) is 24.5. The van der Waals surface area contributed by atoms with Gasteiger partial charge in [0.25, 0.3) is 5.91 Å². The van der Waals surface area contributed by atoms with Crippen molar-refractivity contribution < 1.29 is 19.1 Å². The van der Waals surface area contributed by atoms with E-state index in [9.17, 15) is 14.4 Å². The minimum Gasteiger partial charge on any atom is -0.481 e. The number of anilines is 1. The summed E-state index contributed by atoms with van der Waals surface area (Å²) in [7, 11) is 0. The van der Waals surface area contributed by atoms with Gasteiger partial charge in [-0.1, -0.05) is 60.1 Å². The first kappa shape index (κ1) is 24.8. The van der Waals surface area contributed by atoms with Crippen molar-refractivity contribution >= 4 is 35.0 Å². The number of nitrogens with one attached hydrogen (secondary N) is 3. The van der Waals surface area contributed by atoms with Gasteiger partial charge in [0.15, 0.2) is 6.10 Å². The molecule has 1 unspecified atom stereocenters. The van der Waals surface area contributed by atoms with E-state index >= 15 is 0 Å². The second kappa shape index (κ2) is 11.9. The molecule has 3 N–H and O–H groups in total. The smallest absolute Gasteiger partial charge is 0.279 e. The molecule has 0 spiro atoms. The van der Waals surface area contributed by atoms with Crippen molar-refractivity contribution in [3.05, 3.63) is 83.4 Å². The summed E-state index contributed by atoms with van der Waals surface area (Å²) < 4.78 is 5.65. The fourth-order valence-electron chi connectivity index (χ4n) is 3.09. The van der Waals surface area contributed by atoms with Crippen LogP contribution in [0.15, 0.2) is 72.8 Å². The monoisotopic (exact) mass is 479 g/mol. The zero-order valence-electron chi connectivity index (χ0n) is 18.9. The van der Waals surface area contributed by atoms with E-state index in [-0.39, 0.29) is 18.7 Å². The summed E-state index contributed by atoms with van der Waals surface area (Å²) in [5, 5.41) is 3.26. The molecule has 0 aliphatic rings. The molecular formula is C26H26ClN3O4. The maximum absolute atomic E-state index is 12.2. The van der Waals surface area contributed by atoms with E-state index in [1.54, 1.807) is 44.2 Å². The summed E-state index contributed by atoms with van der Waals surface area (Å²) in [6, 6.07) is 22.5. The lowest BCUT2D eigenvalue weighted by molar-refractivity contribution is -0.133. The van der Waals surface area contributed by atoms with Crippen LogP contribution in [-0.4, -0.2) is 23.8 Å². The SMILES string of the molecule is Cc1c(Cl)cccc1NC(=O)CCC(=O)NNC(=O)C(C)Oc1ccc(-c2ccccc2)cc1. The number of ether oxygens (including phenoxy) is 1. The van der Waals surface area contributed by atoms with Crippen LogP contribution >= 0.6 is 11.6 Å². The third-order valence-corrected chi connectivity index (χ3v) is 5.50. The van der Waals surface area contributed by atoms with E-state index in [1.165, 1.54) is 0 Å². The molecule has 0 heterocycles. The lowest BCUT2D eigenvalue weighted by Crippen LogP contribution is -2.47. The van der Waals surface area contributed by atoms with Crippen LogP contribution in [0.3, 0.4) is 0 Å². The third kappa shape index (κ3) is 7.08. The highest BCUT2D eigenvalue weighted by Gasteiger charge is 2.16. The fourth-order valence-corrected chi connectivity index (χ4v) is 3.27. The van der Waals surface area contributed by atoms with Crippen molar-refractivity contribution in [1.29, 1.82) is 0 Å². The molecule has 3 rings (SSSR count). The Morgan fingerprint density at radius 1 is 0.824 bits per heavy atom. The van der Waals surface area contributed by atoms with E-state index in [4.69, 9.17) is 16.3 Å². The van der Waals surface area contributed by atoms with Crippen molar-refractivity contribution in [2.45, 2.75) is 32.8 Å². The van der Waals surface area contributed by atoms with E-state index in [2.05, 4.69) is 16.2 Å². The summed E-state index contributed by atoms with van der Waals surface area (Å²) in [5.41, 5.74) is 8.07. The van der Waals surface area contributed by atoms with Gasteiger partial charge in [-0.15, -0.1) is 0 Å². The molecule has 0 fully saturated rings. The van der Waals surface area contributed by atoms with Crippen molar-refractivity contribution in [3.8, 4) is 16.9 Å². The maximum atomic E-state index is 12.2. The molecular weight excluding hydrogens is 454 g/mol. The summed E-state index contributed by atoms with van der Waals surface area (Å²) in [6.45, 7) is 3.37. The lowest BCUT2D eigenvalue weighted by Gasteiger charge is -2.15. The molecule has 0 saturated carbocycles. The summed E-state index contributed by atoms with van der Waals surface area (Å²) in [6.07, 6.45) is -0.980. The first-order valence-corrected chi connectivity index (χ1v) is 11.2. The average Bonchev–Trinajstić information content (AvgIpc) is 2.85. The topological polar surface area (TPSA) is 96.5 Å². The van der Waals surface area contributed by atoms with Gasteiger partial charge >= 0.3 is 0 Å². The molecule has 0 saturated heterocycles. The second-order valence-corrected chi connectivity index (χ2v) is 8.06. The average molecular weight is 480 g/mol. The Bertz CT molecular complexity index is 1150. The first-order valence-electron chi connectivity index (χ1n) is 10.8. The van der Waals surface area contributed by atoms with Gasteiger partial charge in [-0.3, -0.25) is 25.2 Å². The summed E-state index contributed by atoms with van der Waals surface area (Å²) in [4.78, 5) is 36.4. The van der Waals surface area contributed by atoms with Crippen LogP contribution in [-0.2, 0) is 14.4 Å². The van der Waals surface area contributed by atoms with Gasteiger partial charge in [0.2, 0.25) is 11.8 Å². The predicted octanol–water partition coefficient (Wildman–Crippen LogP) is 4.65. The molecule has 34 heavy (non-hydrogen) atoms. The van der Waals surface area contributed by atoms with E-state index in [0.717, 1.165) is 16.7 Å². The number of rotatable bonds is 8. The maximum Gasteiger partial charge on any atom is 0.279 e. The Kier molecular flexibility index (Phi) is 8.65. The fraction of sp³-hybridized carbons (Fsp3) is 0.192. The number of benzene rings is 3. The zero-order valence-corrected chi connectivity index (χ0v) is 19.7. The van der Waals surface area contributed by atoms with E-state index < -0.39 is 17.9 Å². The van der Waals surface area contributed by atoms with Gasteiger partial charge in [-0.25, -0.2) is 0 Å². The third-order valence-electron chi connectivity index (χ3n) is 5.09. The molecule has 3 amide bonds. The number of halogens is 1. The molecule has 0 aliphatic carbocycles. The molecule has 8 heteroatoms. The predicted molar refractivity (Wildman–Crippen MR) is 132 cm³/mol. The molecule has 3 aromatic rings. The number of amides is 3. The molecule has 0 aliphatic heterocycles. The number of hydrogen-bond acceptors (Lipinski definition) is 4. The van der Waals surface area contributed by atoms with Gasteiger partial charge in [-0.2, -0.15) is 0 Å². The Balaban J connectivity index is 1.40. The van der Waals surface area contributed by atoms with Gasteiger partial charge in [0.1, 0.15) is 5.75 Å². The van der Waals surface area contributed by atoms with Crippen molar-refractivity contribution in [3.63, 3.8) is 0 Å². The number of carbonyl (C=O) groups is 3. The second-order valence-electron chi connectivity index (χ2n) is 7.65. The normalized spacial score (nSPS) is 11.3. The molecule has 0 aromatic heterocycles. The number of hydrogen-bond donors (Lipinski definition) is 3. The number of hydrazine groups is 1. The highest BCUT2D eigenvalue weighted by Crippen LogP contribution is 2.24. The molecule has 0 radical (unpaired) electrons. The quantitative estimate of drug-likeness (QED) is 0.410. The molecule has 7 nitrogen and oxygen atoms in total. The minimum absolute atomic E-state index is 0.0481. The molecule has 3 aromatic carbocycles. The standard InChI is InChI=1S/C26H26ClN3O4/c1-17-22(27)9-6-10-23(17)28-24(31)15-16-25(32)29-30-26(33)18(2)34-21-13-11-20(12-14-21)19-7-4-3-5-8-19/h3-14,18H,15-16H2,1-2H3,(H,28,31)(H,29,32)(H,30,33). The molecule has 1 atom stereocenters. The van der Waals surface area contributed by atoms with Gasteiger partial charge in [0.05, 0.1) is 0 Å². The van der Waals surface area contributed by atoms with Crippen LogP contribution in [0, 0.1) is 6.92 Å². The Morgan fingerprint density at radius 2 is 1.47 bits per heavy atom. The van der Waals surface area contributed by atoms with Crippen LogP contribution in [0.1, 0.15) is 25.3 Å². The molecule has 0 bridgehead atoms. The summed E-state index contributed by atoms with van der Waals surface area (Å²) >= 11 is 6.04. The number of carbonyl (C=O) groups excluding carboxylic acids is 3. The first-order chi connectivity index (χ1) is 16.3. The van der Waals surface area contributed by atoms with Gasteiger partial charge in [-0.05, 0) is 54.8 Å². The van der Waals surface area contributed by atoms with Crippen LogP contribution in [0.4, 0.5) is 5.69 Å². The highest BCUT2D eigenvalue weighted by molar-refractivity contribution is 6.31. The van der Waals surface area contributed by atoms with E-state index in [0.29, 0.717) is 16.5 Å². The van der Waals surface area contributed by atoms with Crippen LogP contribution < -0.4 is 20.9 Å². The van der Waals surface area contributed by atoms with Crippen LogP contribution in [0.25, 0.3) is 11.1 Å². The Labute approximate surface area is 203 Å². The largest absolute Gasteiger partial charge is 0.481 e. The van der Waals surface area contributed by atoms with Gasteiger partial charge < -0.3 is 10.1 Å². The molecule has 176 valence electrons. The van der Waals surface area contributed by atoms with Crippen molar-refractivity contribution in [2.24, 2.45) is 0 Å². The lowest BCUT2D eigenvalue weighted by atomic mass is 10.1. The minimum atomic E-state index is -0.836. The van der Waals surface area contributed by atoms with Crippen molar-refractivity contribution in [1.82, 2.24) is 10.9 Å². The Morgan fingerprint density at radius 3 is 2.18 bits per heavy atom.